The summed E-state index contributed by atoms with van der Waals surface area (Å²) in [5.41, 5.74) is 8.51. The van der Waals surface area contributed by atoms with E-state index >= 15 is 0 Å². The van der Waals surface area contributed by atoms with Crippen molar-refractivity contribution >= 4 is 12.2 Å². The lowest BCUT2D eigenvalue weighted by atomic mass is 10.0. The molecule has 0 spiro atoms. The predicted octanol–water partition coefficient (Wildman–Crippen LogP) is 0.649. The summed E-state index contributed by atoms with van der Waals surface area (Å²) in [6.45, 7) is 0.533. The van der Waals surface area contributed by atoms with Crippen molar-refractivity contribution in [3.63, 3.8) is 0 Å². The maximum absolute atomic E-state index is 10.7. The minimum Gasteiger partial charge on any atom is -0.495 e. The van der Waals surface area contributed by atoms with Crippen LogP contribution in [-0.4, -0.2) is 40.2 Å². The molecule has 3 N–H and O–H groups in total. The second-order valence-electron chi connectivity index (χ2n) is 4.15. The zero-order valence-electron chi connectivity index (χ0n) is 12.1. The number of hydrazone groups is 1. The van der Waals surface area contributed by atoms with E-state index in [0.29, 0.717) is 41.6 Å². The van der Waals surface area contributed by atoms with Crippen LogP contribution >= 0.6 is 0 Å². The molecule has 1 heterocycles. The summed E-state index contributed by atoms with van der Waals surface area (Å²) in [5.74, 6) is 2.04. The third-order valence-electron chi connectivity index (χ3n) is 3.03. The number of nitrogens with two attached hydrogens (primary N) is 1. The van der Waals surface area contributed by atoms with Gasteiger partial charge in [-0.25, -0.2) is 10.2 Å². The van der Waals surface area contributed by atoms with Crippen LogP contribution in [0.5, 0.6) is 23.0 Å². The molecule has 2 amide bonds. The fraction of sp³-hybridized carbons (Fsp3) is 0.385. The van der Waals surface area contributed by atoms with Crippen molar-refractivity contribution in [2.45, 2.75) is 6.42 Å². The van der Waals surface area contributed by atoms with Gasteiger partial charge in [0.2, 0.25) is 5.75 Å². The number of nitrogens with one attached hydrogen (secondary N) is 1. The number of amides is 2. The number of ether oxygens (including phenoxy) is 4. The Morgan fingerprint density at radius 2 is 1.90 bits per heavy atom. The monoisotopic (exact) mass is 295 g/mol. The Kier molecular flexibility index (Phi) is 4.36. The fourth-order valence-electron chi connectivity index (χ4n) is 2.27. The second kappa shape index (κ2) is 6.21. The lowest BCUT2D eigenvalue weighted by Gasteiger charge is -2.17. The van der Waals surface area contributed by atoms with Gasteiger partial charge < -0.3 is 24.7 Å². The van der Waals surface area contributed by atoms with Gasteiger partial charge in [0.05, 0.1) is 39.7 Å². The van der Waals surface area contributed by atoms with E-state index in [1.807, 2.05) is 0 Å². The van der Waals surface area contributed by atoms with Crippen molar-refractivity contribution in [3.8, 4) is 23.0 Å². The molecule has 0 fully saturated rings. The lowest BCUT2D eigenvalue weighted by Crippen LogP contribution is -2.24. The number of methoxy groups -OCH3 is 3. The molecule has 1 aromatic carbocycles. The molecule has 1 aromatic rings. The molecule has 8 heteroatoms. The van der Waals surface area contributed by atoms with Crippen LogP contribution in [0.15, 0.2) is 5.10 Å². The largest absolute Gasteiger partial charge is 0.495 e. The lowest BCUT2D eigenvalue weighted by molar-refractivity contribution is 0.249. The van der Waals surface area contributed by atoms with Crippen LogP contribution in [0, 0.1) is 0 Å². The van der Waals surface area contributed by atoms with Gasteiger partial charge in [-0.15, -0.1) is 0 Å². The molecular weight excluding hydrogens is 278 g/mol. The number of hydrogen-bond donors (Lipinski definition) is 2. The average molecular weight is 295 g/mol. The number of hydrogen-bond acceptors (Lipinski definition) is 6. The van der Waals surface area contributed by atoms with Gasteiger partial charge in [0, 0.05) is 12.0 Å². The van der Waals surface area contributed by atoms with Crippen LogP contribution in [0.25, 0.3) is 0 Å². The number of carbonyl (C=O) groups is 1. The van der Waals surface area contributed by atoms with Crippen molar-refractivity contribution in [3.05, 3.63) is 11.1 Å². The first-order chi connectivity index (χ1) is 10.1. The minimum atomic E-state index is -0.763. The van der Waals surface area contributed by atoms with E-state index in [9.17, 15) is 4.79 Å². The average Bonchev–Trinajstić information content (AvgIpc) is 2.94. The maximum atomic E-state index is 10.7. The first-order valence-corrected chi connectivity index (χ1v) is 6.20. The summed E-state index contributed by atoms with van der Waals surface area (Å²) in [7, 11) is 4.56. The van der Waals surface area contributed by atoms with Gasteiger partial charge in [0.1, 0.15) is 5.75 Å². The highest BCUT2D eigenvalue weighted by molar-refractivity contribution is 5.92. The van der Waals surface area contributed by atoms with Crippen LogP contribution in [-0.2, 0) is 6.42 Å². The van der Waals surface area contributed by atoms with Crippen LogP contribution in [0.2, 0.25) is 0 Å². The molecule has 1 aliphatic rings. The first-order valence-electron chi connectivity index (χ1n) is 6.20. The number of carbonyl (C=O) groups excluding carboxylic acids is 1. The summed E-state index contributed by atoms with van der Waals surface area (Å²) in [5, 5.41) is 3.75. The summed E-state index contributed by atoms with van der Waals surface area (Å²) in [6, 6.07) is -0.763. The topological polar surface area (TPSA) is 104 Å². The zero-order valence-corrected chi connectivity index (χ0v) is 12.1. The Labute approximate surface area is 121 Å². The summed E-state index contributed by atoms with van der Waals surface area (Å²) < 4.78 is 21.8. The van der Waals surface area contributed by atoms with Crippen molar-refractivity contribution in [2.24, 2.45) is 10.8 Å². The molecule has 2 rings (SSSR count). The minimum absolute atomic E-state index is 0.407. The molecular formula is C13H17N3O5. The van der Waals surface area contributed by atoms with Gasteiger partial charge in [-0.3, -0.25) is 0 Å². The molecule has 0 aliphatic carbocycles. The molecule has 21 heavy (non-hydrogen) atoms. The van der Waals surface area contributed by atoms with Crippen molar-refractivity contribution in [2.75, 3.05) is 27.9 Å². The first kappa shape index (κ1) is 14.8. The molecule has 8 nitrogen and oxygen atoms in total. The summed E-state index contributed by atoms with van der Waals surface area (Å²) in [6.07, 6.45) is 2.08. The van der Waals surface area contributed by atoms with E-state index in [-0.39, 0.29) is 0 Å². The molecule has 0 aromatic heterocycles. The van der Waals surface area contributed by atoms with Gasteiger partial charge in [-0.05, 0) is 0 Å². The van der Waals surface area contributed by atoms with Gasteiger partial charge >= 0.3 is 6.03 Å². The van der Waals surface area contributed by atoms with E-state index in [1.165, 1.54) is 20.4 Å². The highest BCUT2D eigenvalue weighted by Gasteiger charge is 2.30. The fourth-order valence-corrected chi connectivity index (χ4v) is 2.27. The molecule has 0 unspecified atom stereocenters. The van der Waals surface area contributed by atoms with E-state index < -0.39 is 6.03 Å². The molecule has 114 valence electrons. The normalized spacial score (nSPS) is 12.7. The second-order valence-corrected chi connectivity index (χ2v) is 4.15. The smallest absolute Gasteiger partial charge is 0.332 e. The highest BCUT2D eigenvalue weighted by Crippen LogP contribution is 2.50. The van der Waals surface area contributed by atoms with Crippen LogP contribution in [0.3, 0.4) is 0 Å². The molecule has 0 saturated carbocycles. The summed E-state index contributed by atoms with van der Waals surface area (Å²) >= 11 is 0. The van der Waals surface area contributed by atoms with Crippen LogP contribution < -0.4 is 30.1 Å². The third kappa shape index (κ3) is 2.64. The summed E-state index contributed by atoms with van der Waals surface area (Å²) in [4.78, 5) is 10.7. The third-order valence-corrected chi connectivity index (χ3v) is 3.03. The molecule has 0 radical (unpaired) electrons. The van der Waals surface area contributed by atoms with Crippen molar-refractivity contribution in [1.82, 2.24) is 5.43 Å². The van der Waals surface area contributed by atoms with Gasteiger partial charge in [-0.2, -0.15) is 5.10 Å². The number of fused-ring (bicyclic) bond motifs is 1. The standard InChI is InChI=1S/C13H17N3O5/c1-18-9-7-4-5-21-11(7)12(20-3)10(19-2)8(9)6-15-16-13(14)17/h6H,4-5H2,1-3H3,(H3,14,16,17). The Bertz CT molecular complexity index is 586. The van der Waals surface area contributed by atoms with Crippen molar-refractivity contribution < 1.29 is 23.7 Å². The van der Waals surface area contributed by atoms with E-state index in [2.05, 4.69) is 10.5 Å². The number of rotatable bonds is 5. The number of primary amides is 1. The number of benzene rings is 1. The van der Waals surface area contributed by atoms with E-state index in [0.717, 1.165) is 5.56 Å². The zero-order chi connectivity index (χ0) is 15.4. The number of nitrogens with zero attached hydrogens (tertiary/aromatic N) is 1. The van der Waals surface area contributed by atoms with E-state index in [1.54, 1.807) is 7.11 Å². The molecule has 0 bridgehead atoms. The van der Waals surface area contributed by atoms with Crippen LogP contribution in [0.1, 0.15) is 11.1 Å². The van der Waals surface area contributed by atoms with Gasteiger partial charge in [0.15, 0.2) is 11.5 Å². The SMILES string of the molecule is COc1c(C=NNC(N)=O)c(OC)c(OC)c2c1CCO2. The molecule has 1 aliphatic heterocycles. The Balaban J connectivity index is 2.60. The highest BCUT2D eigenvalue weighted by atomic mass is 16.5. The molecule has 0 atom stereocenters. The predicted molar refractivity (Wildman–Crippen MR) is 75.6 cm³/mol. The van der Waals surface area contributed by atoms with Crippen molar-refractivity contribution in [1.29, 1.82) is 0 Å². The van der Waals surface area contributed by atoms with Gasteiger partial charge in [0.25, 0.3) is 0 Å². The van der Waals surface area contributed by atoms with E-state index in [4.69, 9.17) is 24.7 Å². The maximum Gasteiger partial charge on any atom is 0.332 e. The van der Waals surface area contributed by atoms with Gasteiger partial charge in [-0.1, -0.05) is 0 Å². The Morgan fingerprint density at radius 3 is 2.48 bits per heavy atom. The Hall–Kier alpha value is -2.64. The quantitative estimate of drug-likeness (QED) is 0.613. The number of urea groups is 1. The Morgan fingerprint density at radius 1 is 1.24 bits per heavy atom. The molecule has 0 saturated heterocycles. The van der Waals surface area contributed by atoms with Crippen LogP contribution in [0.4, 0.5) is 4.79 Å².